The van der Waals surface area contributed by atoms with Crippen molar-refractivity contribution in [3.05, 3.63) is 62.8 Å². The van der Waals surface area contributed by atoms with Crippen molar-refractivity contribution in [1.82, 2.24) is 9.97 Å². The predicted molar refractivity (Wildman–Crippen MR) is 81.0 cm³/mol. The molecule has 1 atom stereocenters. The van der Waals surface area contributed by atoms with E-state index < -0.39 is 0 Å². The van der Waals surface area contributed by atoms with Crippen LogP contribution >= 0.6 is 11.3 Å². The van der Waals surface area contributed by atoms with E-state index in [1.54, 1.807) is 17.4 Å². The average Bonchev–Trinajstić information content (AvgIpc) is 2.91. The highest BCUT2D eigenvalue weighted by molar-refractivity contribution is 7.09. The van der Waals surface area contributed by atoms with E-state index in [0.717, 1.165) is 17.9 Å². The molecule has 5 heteroatoms. The zero-order valence-corrected chi connectivity index (χ0v) is 12.0. The molecule has 20 heavy (non-hydrogen) atoms. The molecule has 0 aliphatic heterocycles. The summed E-state index contributed by atoms with van der Waals surface area (Å²) in [6.07, 6.45) is 0. The van der Waals surface area contributed by atoms with Crippen LogP contribution in [0.5, 0.6) is 0 Å². The lowest BCUT2D eigenvalue weighted by Gasteiger charge is -2.12. The topological polar surface area (TPSA) is 50.2 Å². The Hall–Kier alpha value is -1.98. The first-order chi connectivity index (χ1) is 9.72. The Morgan fingerprint density at radius 3 is 2.85 bits per heavy atom. The number of quaternary nitrogens is 1. The maximum atomic E-state index is 12.0. The van der Waals surface area contributed by atoms with Crippen LogP contribution in [0.4, 0.5) is 0 Å². The maximum absolute atomic E-state index is 12.0. The number of aromatic amines is 1. The minimum absolute atomic E-state index is 0.0606. The summed E-state index contributed by atoms with van der Waals surface area (Å²) in [5, 5.41) is 2.73. The average molecular weight is 286 g/mol. The zero-order valence-electron chi connectivity index (χ0n) is 11.2. The Morgan fingerprint density at radius 1 is 1.20 bits per heavy atom. The van der Waals surface area contributed by atoms with Crippen molar-refractivity contribution in [3.63, 3.8) is 0 Å². The number of nitrogens with zero attached hydrogens (tertiary/aromatic N) is 1. The van der Waals surface area contributed by atoms with Crippen molar-refractivity contribution < 1.29 is 4.90 Å². The highest BCUT2D eigenvalue weighted by atomic mass is 32.1. The first-order valence-electron chi connectivity index (χ1n) is 6.54. The number of nitrogens with one attached hydrogen (secondary N) is 2. The number of hydrogen-bond acceptors (Lipinski definition) is 3. The highest BCUT2D eigenvalue weighted by Crippen LogP contribution is 2.07. The van der Waals surface area contributed by atoms with Gasteiger partial charge in [0.2, 0.25) is 0 Å². The molecular formula is C15H16N3OS+. The lowest BCUT2D eigenvalue weighted by atomic mass is 10.2. The summed E-state index contributed by atoms with van der Waals surface area (Å²) in [5.41, 5.74) is 0.699. The summed E-state index contributed by atoms with van der Waals surface area (Å²) >= 11 is 1.75. The second-order valence-corrected chi connectivity index (χ2v) is 5.95. The van der Waals surface area contributed by atoms with Crippen LogP contribution in [0.25, 0.3) is 10.9 Å². The fourth-order valence-corrected chi connectivity index (χ4v) is 3.10. The first kappa shape index (κ1) is 13.0. The van der Waals surface area contributed by atoms with Crippen LogP contribution in [0.3, 0.4) is 0 Å². The van der Waals surface area contributed by atoms with Crippen molar-refractivity contribution in [2.75, 3.05) is 7.05 Å². The number of fused-ring (bicyclic) bond motifs is 1. The van der Waals surface area contributed by atoms with E-state index in [9.17, 15) is 4.79 Å². The van der Waals surface area contributed by atoms with Gasteiger partial charge >= 0.3 is 0 Å². The van der Waals surface area contributed by atoms with Crippen molar-refractivity contribution in [3.8, 4) is 0 Å². The minimum atomic E-state index is -0.0606. The molecule has 0 spiro atoms. The van der Waals surface area contributed by atoms with Crippen LogP contribution < -0.4 is 10.5 Å². The third kappa shape index (κ3) is 2.79. The van der Waals surface area contributed by atoms with Gasteiger partial charge in [0.15, 0.2) is 5.82 Å². The van der Waals surface area contributed by atoms with E-state index in [2.05, 4.69) is 34.5 Å². The molecule has 3 rings (SSSR count). The molecule has 2 aromatic heterocycles. The number of H-pyrrole nitrogens is 1. The number of hydrogen-bond donors (Lipinski definition) is 2. The normalized spacial score (nSPS) is 12.7. The fourth-order valence-electron chi connectivity index (χ4n) is 2.28. The Balaban J connectivity index is 1.82. The molecule has 0 aliphatic rings. The summed E-state index contributed by atoms with van der Waals surface area (Å²) in [6, 6.07) is 11.6. The Labute approximate surface area is 120 Å². The summed E-state index contributed by atoms with van der Waals surface area (Å²) in [7, 11) is 2.11. The van der Waals surface area contributed by atoms with Crippen molar-refractivity contribution in [1.29, 1.82) is 0 Å². The largest absolute Gasteiger partial charge is 0.327 e. The molecule has 0 radical (unpaired) electrons. The van der Waals surface area contributed by atoms with E-state index in [1.165, 1.54) is 9.78 Å². The quantitative estimate of drug-likeness (QED) is 0.757. The van der Waals surface area contributed by atoms with Gasteiger partial charge in [-0.25, -0.2) is 4.98 Å². The number of rotatable bonds is 4. The molecule has 4 nitrogen and oxygen atoms in total. The Bertz CT molecular complexity index is 764. The van der Waals surface area contributed by atoms with Gasteiger partial charge in [-0.1, -0.05) is 18.2 Å². The minimum Gasteiger partial charge on any atom is -0.327 e. The molecule has 0 amide bonds. The Kier molecular flexibility index (Phi) is 3.62. The van der Waals surface area contributed by atoms with E-state index in [0.29, 0.717) is 11.9 Å². The monoisotopic (exact) mass is 286 g/mol. The van der Waals surface area contributed by atoms with Gasteiger partial charge in [-0.05, 0) is 23.6 Å². The molecule has 2 heterocycles. The molecule has 2 N–H and O–H groups in total. The lowest BCUT2D eigenvalue weighted by molar-refractivity contribution is -0.908. The van der Waals surface area contributed by atoms with Crippen molar-refractivity contribution in [2.24, 2.45) is 0 Å². The number of benzene rings is 1. The molecular weight excluding hydrogens is 270 g/mol. The molecule has 0 aliphatic carbocycles. The third-order valence-corrected chi connectivity index (χ3v) is 4.06. The second-order valence-electron chi connectivity index (χ2n) is 4.92. The van der Waals surface area contributed by atoms with Gasteiger partial charge in [0.05, 0.1) is 22.8 Å². The van der Waals surface area contributed by atoms with E-state index >= 15 is 0 Å². The van der Waals surface area contributed by atoms with Gasteiger partial charge < -0.3 is 9.88 Å². The standard InChI is InChI=1S/C15H15N3OS/c1-18(9-11-5-4-8-20-11)10-14-16-13-7-3-2-6-12(13)15(19)17-14/h2-8H,9-10H2,1H3,(H,16,17,19)/p+1. The van der Waals surface area contributed by atoms with Crippen LogP contribution in [0.2, 0.25) is 0 Å². The maximum Gasteiger partial charge on any atom is 0.258 e. The molecule has 1 unspecified atom stereocenters. The third-order valence-electron chi connectivity index (χ3n) is 3.19. The molecule has 3 aromatic rings. The van der Waals surface area contributed by atoms with Gasteiger partial charge in [0.25, 0.3) is 5.56 Å². The summed E-state index contributed by atoms with van der Waals surface area (Å²) in [4.78, 5) is 22.0. The lowest BCUT2D eigenvalue weighted by Crippen LogP contribution is -3.06. The fraction of sp³-hybridized carbons (Fsp3) is 0.200. The van der Waals surface area contributed by atoms with Crippen LogP contribution in [0, 0.1) is 0 Å². The molecule has 102 valence electrons. The predicted octanol–water partition coefficient (Wildman–Crippen LogP) is 1.20. The SMILES string of the molecule is C[NH+](Cc1nc2ccccc2c(=O)[nH]1)Cc1cccs1. The number of thiophene rings is 1. The van der Waals surface area contributed by atoms with Gasteiger partial charge in [0, 0.05) is 0 Å². The van der Waals surface area contributed by atoms with Crippen LogP contribution in [-0.2, 0) is 13.1 Å². The van der Waals surface area contributed by atoms with Crippen molar-refractivity contribution in [2.45, 2.75) is 13.1 Å². The number of aromatic nitrogens is 2. The van der Waals surface area contributed by atoms with Crippen LogP contribution in [-0.4, -0.2) is 17.0 Å². The first-order valence-corrected chi connectivity index (χ1v) is 7.42. The van der Waals surface area contributed by atoms with Gasteiger partial charge in [0.1, 0.15) is 13.1 Å². The molecule has 1 aromatic carbocycles. The summed E-state index contributed by atoms with van der Waals surface area (Å²) in [5.74, 6) is 0.739. The summed E-state index contributed by atoms with van der Waals surface area (Å²) < 4.78 is 0. The molecule has 0 saturated carbocycles. The molecule has 0 bridgehead atoms. The smallest absolute Gasteiger partial charge is 0.258 e. The van der Waals surface area contributed by atoms with Crippen molar-refractivity contribution >= 4 is 22.2 Å². The van der Waals surface area contributed by atoms with E-state index in [4.69, 9.17) is 0 Å². The van der Waals surface area contributed by atoms with Crippen LogP contribution in [0.15, 0.2) is 46.6 Å². The second kappa shape index (κ2) is 5.56. The highest BCUT2D eigenvalue weighted by Gasteiger charge is 2.09. The zero-order chi connectivity index (χ0) is 13.9. The van der Waals surface area contributed by atoms with Crippen LogP contribution in [0.1, 0.15) is 10.7 Å². The van der Waals surface area contributed by atoms with Gasteiger partial charge in [-0.3, -0.25) is 4.79 Å². The van der Waals surface area contributed by atoms with Gasteiger partial charge in [-0.2, -0.15) is 0 Å². The van der Waals surface area contributed by atoms with Gasteiger partial charge in [-0.15, -0.1) is 11.3 Å². The molecule has 0 saturated heterocycles. The Morgan fingerprint density at radius 2 is 2.05 bits per heavy atom. The molecule has 0 fully saturated rings. The number of para-hydroxylation sites is 1. The summed E-state index contributed by atoms with van der Waals surface area (Å²) in [6.45, 7) is 1.65. The van der Waals surface area contributed by atoms with E-state index in [1.807, 2.05) is 18.2 Å². The van der Waals surface area contributed by atoms with E-state index in [-0.39, 0.29) is 5.56 Å².